The highest BCUT2D eigenvalue weighted by Crippen LogP contribution is 2.23. The number of hydrogen-bond donors (Lipinski definition) is 1. The molecule has 3 aromatic rings. The van der Waals surface area contributed by atoms with Crippen molar-refractivity contribution >= 4 is 34.9 Å². The van der Waals surface area contributed by atoms with Crippen LogP contribution in [-0.4, -0.2) is 27.1 Å². The molecule has 9 heteroatoms. The van der Waals surface area contributed by atoms with Crippen LogP contribution in [0.25, 0.3) is 0 Å². The number of carbonyl (C=O) groups excluding carboxylic acids is 1. The Bertz CT molecular complexity index is 1040. The number of aromatic nitrogens is 2. The Morgan fingerprint density at radius 2 is 1.93 bits per heavy atom. The molecule has 0 aliphatic rings. The van der Waals surface area contributed by atoms with Crippen LogP contribution in [0.15, 0.2) is 59.8 Å². The lowest BCUT2D eigenvalue weighted by atomic mass is 10.2. The highest BCUT2D eigenvalue weighted by molar-refractivity contribution is 7.98. The van der Waals surface area contributed by atoms with Gasteiger partial charge in [0.2, 0.25) is 0 Å². The molecule has 8 nitrogen and oxygen atoms in total. The first-order valence-electron chi connectivity index (χ1n) is 8.18. The minimum atomic E-state index is -0.677. The predicted molar refractivity (Wildman–Crippen MR) is 106 cm³/mol. The minimum Gasteiger partial charge on any atom is -0.423 e. The Kier molecular flexibility index (Phi) is 5.85. The van der Waals surface area contributed by atoms with E-state index in [9.17, 15) is 14.9 Å². The average Bonchev–Trinajstić information content (AvgIpc) is 2.67. The van der Waals surface area contributed by atoms with Crippen molar-refractivity contribution in [2.45, 2.75) is 12.1 Å². The second-order valence-corrected chi connectivity index (χ2v) is 6.50. The smallest absolute Gasteiger partial charge is 0.343 e. The van der Waals surface area contributed by atoms with Gasteiger partial charge in [-0.1, -0.05) is 23.9 Å². The maximum Gasteiger partial charge on any atom is 0.343 e. The van der Waals surface area contributed by atoms with Gasteiger partial charge in [-0.05, 0) is 31.4 Å². The van der Waals surface area contributed by atoms with E-state index < -0.39 is 10.9 Å². The number of nitrogens with one attached hydrogen (secondary N) is 1. The number of aryl methyl sites for hydroxylation is 1. The number of carbonyl (C=O) groups is 1. The highest BCUT2D eigenvalue weighted by atomic mass is 32.2. The summed E-state index contributed by atoms with van der Waals surface area (Å²) in [5, 5.41) is 14.7. The molecular formula is C19H16N4O4S. The van der Waals surface area contributed by atoms with Crippen molar-refractivity contribution in [1.82, 2.24) is 9.97 Å². The molecule has 0 radical (unpaired) electrons. The zero-order valence-corrected chi connectivity index (χ0v) is 15.9. The maximum absolute atomic E-state index is 12.3. The number of ether oxygens (including phenoxy) is 1. The van der Waals surface area contributed by atoms with Crippen LogP contribution < -0.4 is 10.1 Å². The van der Waals surface area contributed by atoms with E-state index in [1.807, 2.05) is 19.2 Å². The monoisotopic (exact) mass is 396 g/mol. The van der Waals surface area contributed by atoms with E-state index in [0.717, 1.165) is 5.69 Å². The summed E-state index contributed by atoms with van der Waals surface area (Å²) in [5.74, 6) is 0.250. The molecular weight excluding hydrogens is 380 g/mol. The van der Waals surface area contributed by atoms with Crippen molar-refractivity contribution in [2.75, 3.05) is 11.6 Å². The Hall–Kier alpha value is -3.46. The molecule has 0 aliphatic heterocycles. The van der Waals surface area contributed by atoms with Crippen molar-refractivity contribution in [2.24, 2.45) is 0 Å². The first-order valence-corrected chi connectivity index (χ1v) is 9.40. The number of benzene rings is 2. The van der Waals surface area contributed by atoms with Gasteiger partial charge in [-0.15, -0.1) is 0 Å². The molecule has 0 unspecified atom stereocenters. The molecule has 2 aromatic carbocycles. The molecule has 1 N–H and O–H groups in total. The Morgan fingerprint density at radius 3 is 2.68 bits per heavy atom. The molecule has 1 aromatic heterocycles. The SMILES string of the molecule is CSc1nc(C)cc(Nc2cccc(OC(=O)c3cccc([N+](=O)[O-])c3)c2)n1. The van der Waals surface area contributed by atoms with Crippen molar-refractivity contribution in [3.05, 3.63) is 76.0 Å². The van der Waals surface area contributed by atoms with Crippen LogP contribution >= 0.6 is 11.8 Å². The van der Waals surface area contributed by atoms with Crippen molar-refractivity contribution in [3.8, 4) is 5.75 Å². The quantitative estimate of drug-likeness (QED) is 0.163. The zero-order chi connectivity index (χ0) is 20.1. The molecule has 1 heterocycles. The molecule has 0 aliphatic carbocycles. The number of rotatable bonds is 6. The standard InChI is InChI=1S/C19H16N4O4S/c1-12-9-17(22-19(20-12)28-2)21-14-6-4-8-16(11-14)27-18(24)13-5-3-7-15(10-13)23(25)26/h3-11H,1-2H3,(H,20,21,22). The number of thioether (sulfide) groups is 1. The lowest BCUT2D eigenvalue weighted by molar-refractivity contribution is -0.384. The summed E-state index contributed by atoms with van der Waals surface area (Å²) in [6.45, 7) is 1.88. The van der Waals surface area contributed by atoms with Gasteiger partial charge in [0.1, 0.15) is 11.6 Å². The summed E-state index contributed by atoms with van der Waals surface area (Å²) in [7, 11) is 0. The first kappa shape index (κ1) is 19.3. The normalized spacial score (nSPS) is 10.4. The average molecular weight is 396 g/mol. The van der Waals surface area contributed by atoms with Gasteiger partial charge in [-0.3, -0.25) is 10.1 Å². The van der Waals surface area contributed by atoms with E-state index in [0.29, 0.717) is 22.4 Å². The summed E-state index contributed by atoms with van der Waals surface area (Å²) in [6, 6.07) is 14.0. The second-order valence-electron chi connectivity index (χ2n) is 5.73. The molecule has 142 valence electrons. The molecule has 0 fully saturated rings. The van der Waals surface area contributed by atoms with Gasteiger partial charge >= 0.3 is 5.97 Å². The van der Waals surface area contributed by atoms with E-state index in [1.165, 1.54) is 36.0 Å². The van der Waals surface area contributed by atoms with Gasteiger partial charge in [0.25, 0.3) is 5.69 Å². The molecule has 0 amide bonds. The molecule has 0 bridgehead atoms. The van der Waals surface area contributed by atoms with E-state index in [1.54, 1.807) is 24.3 Å². The lowest BCUT2D eigenvalue weighted by Crippen LogP contribution is -2.09. The number of non-ortho nitro benzene ring substituents is 1. The van der Waals surface area contributed by atoms with Crippen LogP contribution in [0.3, 0.4) is 0 Å². The van der Waals surface area contributed by atoms with Crippen LogP contribution in [0.5, 0.6) is 5.75 Å². The van der Waals surface area contributed by atoms with Crippen molar-refractivity contribution < 1.29 is 14.5 Å². The van der Waals surface area contributed by atoms with Crippen LogP contribution in [-0.2, 0) is 0 Å². The number of hydrogen-bond acceptors (Lipinski definition) is 8. The molecule has 28 heavy (non-hydrogen) atoms. The van der Waals surface area contributed by atoms with Crippen LogP contribution in [0.1, 0.15) is 16.1 Å². The Balaban J connectivity index is 1.76. The minimum absolute atomic E-state index is 0.101. The van der Waals surface area contributed by atoms with E-state index >= 15 is 0 Å². The molecule has 0 saturated heterocycles. The largest absolute Gasteiger partial charge is 0.423 e. The van der Waals surface area contributed by atoms with Gasteiger partial charge in [0.05, 0.1) is 10.5 Å². The summed E-state index contributed by atoms with van der Waals surface area (Å²) < 4.78 is 5.34. The van der Waals surface area contributed by atoms with E-state index in [2.05, 4.69) is 15.3 Å². The lowest BCUT2D eigenvalue weighted by Gasteiger charge is -2.10. The van der Waals surface area contributed by atoms with Crippen molar-refractivity contribution in [1.29, 1.82) is 0 Å². The highest BCUT2D eigenvalue weighted by Gasteiger charge is 2.14. The number of anilines is 2. The maximum atomic E-state index is 12.3. The third-order valence-electron chi connectivity index (χ3n) is 3.63. The molecule has 0 atom stereocenters. The molecule has 0 saturated carbocycles. The summed E-state index contributed by atoms with van der Waals surface area (Å²) in [6.07, 6.45) is 1.90. The fraction of sp³-hybridized carbons (Fsp3) is 0.105. The number of nitro benzene ring substituents is 1. The van der Waals surface area contributed by atoms with Crippen LogP contribution in [0.2, 0.25) is 0 Å². The molecule has 0 spiro atoms. The van der Waals surface area contributed by atoms with E-state index in [4.69, 9.17) is 4.74 Å². The Morgan fingerprint density at radius 1 is 1.14 bits per heavy atom. The summed E-state index contributed by atoms with van der Waals surface area (Å²) in [4.78, 5) is 31.3. The fourth-order valence-electron chi connectivity index (χ4n) is 2.39. The van der Waals surface area contributed by atoms with Gasteiger partial charge in [0, 0.05) is 35.6 Å². The first-order chi connectivity index (χ1) is 13.4. The third-order valence-corrected chi connectivity index (χ3v) is 4.17. The second kappa shape index (κ2) is 8.49. The van der Waals surface area contributed by atoms with Gasteiger partial charge in [-0.2, -0.15) is 0 Å². The fourth-order valence-corrected chi connectivity index (χ4v) is 2.82. The molecule has 3 rings (SSSR count). The van der Waals surface area contributed by atoms with Crippen LogP contribution in [0.4, 0.5) is 17.2 Å². The summed E-state index contributed by atoms with van der Waals surface area (Å²) in [5.41, 5.74) is 1.43. The number of esters is 1. The topological polar surface area (TPSA) is 107 Å². The number of nitrogens with zero attached hydrogens (tertiary/aromatic N) is 3. The zero-order valence-electron chi connectivity index (χ0n) is 15.1. The predicted octanol–water partition coefficient (Wildman–Crippen LogP) is 4.38. The van der Waals surface area contributed by atoms with E-state index in [-0.39, 0.29) is 11.3 Å². The van der Waals surface area contributed by atoms with Gasteiger partial charge < -0.3 is 10.1 Å². The third kappa shape index (κ3) is 4.83. The van der Waals surface area contributed by atoms with Gasteiger partial charge in [0.15, 0.2) is 5.16 Å². The number of nitro groups is 1. The van der Waals surface area contributed by atoms with Gasteiger partial charge in [-0.25, -0.2) is 14.8 Å². The van der Waals surface area contributed by atoms with Crippen molar-refractivity contribution in [3.63, 3.8) is 0 Å². The Labute approximate surface area is 165 Å². The van der Waals surface area contributed by atoms with Crippen LogP contribution in [0, 0.1) is 17.0 Å². The summed E-state index contributed by atoms with van der Waals surface area (Å²) >= 11 is 1.44.